The molecule has 0 bridgehead atoms. The van der Waals surface area contributed by atoms with Crippen LogP contribution in [0.5, 0.6) is 0 Å². The third-order valence-electron chi connectivity index (χ3n) is 4.23. The van der Waals surface area contributed by atoms with E-state index in [1.54, 1.807) is 59.1 Å². The third kappa shape index (κ3) is 4.22. The van der Waals surface area contributed by atoms with Crippen LogP contribution in [0.4, 0.5) is 5.69 Å². The molecule has 27 heavy (non-hydrogen) atoms. The van der Waals surface area contributed by atoms with Gasteiger partial charge in [-0.3, -0.25) is 19.7 Å². The quantitative estimate of drug-likeness (QED) is 0.801. The standard InChI is InChI=1S/C19H19N3O5/c1-21-9-3-7-15(21)18(25)20-16(23)12-27-19(26)13-5-2-6-14(11-13)22-10-4-8-17(22)24/h2-3,5-7,9,11H,4,8,10,12H2,1H3,(H,20,23,25). The number of hydrogen-bond acceptors (Lipinski definition) is 5. The van der Waals surface area contributed by atoms with Crippen LogP contribution in [0.1, 0.15) is 33.7 Å². The number of nitrogens with one attached hydrogen (secondary N) is 1. The fraction of sp³-hybridized carbons (Fsp3) is 0.263. The third-order valence-corrected chi connectivity index (χ3v) is 4.23. The van der Waals surface area contributed by atoms with Gasteiger partial charge in [0.2, 0.25) is 5.91 Å². The summed E-state index contributed by atoms with van der Waals surface area (Å²) in [5.41, 5.74) is 1.17. The van der Waals surface area contributed by atoms with Crippen LogP contribution in [0.15, 0.2) is 42.6 Å². The molecule has 0 atom stereocenters. The average Bonchev–Trinajstić information content (AvgIpc) is 3.28. The molecule has 0 radical (unpaired) electrons. The Morgan fingerprint density at radius 2 is 2.00 bits per heavy atom. The van der Waals surface area contributed by atoms with Gasteiger partial charge in [-0.2, -0.15) is 0 Å². The van der Waals surface area contributed by atoms with Crippen molar-refractivity contribution in [3.05, 3.63) is 53.9 Å². The van der Waals surface area contributed by atoms with Gasteiger partial charge in [0.05, 0.1) is 5.56 Å². The first-order chi connectivity index (χ1) is 13.0. The predicted molar refractivity (Wildman–Crippen MR) is 96.2 cm³/mol. The number of aromatic nitrogens is 1. The van der Waals surface area contributed by atoms with Crippen LogP contribution in [0.3, 0.4) is 0 Å². The molecule has 0 spiro atoms. The summed E-state index contributed by atoms with van der Waals surface area (Å²) in [4.78, 5) is 49.4. The summed E-state index contributed by atoms with van der Waals surface area (Å²) in [6.07, 6.45) is 2.95. The fourth-order valence-corrected chi connectivity index (χ4v) is 2.86. The summed E-state index contributed by atoms with van der Waals surface area (Å²) in [6.45, 7) is 0.0306. The molecule has 1 aromatic carbocycles. The number of ether oxygens (including phenoxy) is 1. The Morgan fingerprint density at radius 1 is 1.19 bits per heavy atom. The van der Waals surface area contributed by atoms with Gasteiger partial charge >= 0.3 is 5.97 Å². The van der Waals surface area contributed by atoms with Gasteiger partial charge in [0.1, 0.15) is 5.69 Å². The normalized spacial score (nSPS) is 13.5. The number of carbonyl (C=O) groups is 4. The zero-order chi connectivity index (χ0) is 19.4. The molecule has 1 aliphatic rings. The average molecular weight is 369 g/mol. The van der Waals surface area contributed by atoms with E-state index in [1.807, 2.05) is 0 Å². The van der Waals surface area contributed by atoms with E-state index < -0.39 is 24.4 Å². The topological polar surface area (TPSA) is 97.7 Å². The summed E-state index contributed by atoms with van der Waals surface area (Å²) in [5, 5.41) is 2.16. The molecule has 1 N–H and O–H groups in total. The van der Waals surface area contributed by atoms with E-state index >= 15 is 0 Å². The zero-order valence-corrected chi connectivity index (χ0v) is 14.8. The highest BCUT2D eigenvalue weighted by Crippen LogP contribution is 2.22. The molecule has 140 valence electrons. The lowest BCUT2D eigenvalue weighted by atomic mass is 10.2. The number of rotatable bonds is 5. The molecule has 1 saturated heterocycles. The Hall–Kier alpha value is -3.42. The maximum absolute atomic E-state index is 12.2. The Labute approximate surface area is 155 Å². The monoisotopic (exact) mass is 369 g/mol. The lowest BCUT2D eigenvalue weighted by Crippen LogP contribution is -2.35. The molecule has 0 unspecified atom stereocenters. The second kappa shape index (κ2) is 7.86. The number of esters is 1. The summed E-state index contributed by atoms with van der Waals surface area (Å²) in [5.74, 6) is -1.98. The van der Waals surface area contributed by atoms with Crippen LogP contribution in [-0.2, 0) is 21.4 Å². The van der Waals surface area contributed by atoms with E-state index in [9.17, 15) is 19.2 Å². The SMILES string of the molecule is Cn1cccc1C(=O)NC(=O)COC(=O)c1cccc(N2CCCC2=O)c1. The highest BCUT2D eigenvalue weighted by atomic mass is 16.5. The van der Waals surface area contributed by atoms with E-state index in [-0.39, 0.29) is 11.5 Å². The predicted octanol–water partition coefficient (Wildman–Crippen LogP) is 1.27. The van der Waals surface area contributed by atoms with Crippen molar-refractivity contribution >= 4 is 29.4 Å². The van der Waals surface area contributed by atoms with Gasteiger partial charge < -0.3 is 14.2 Å². The Bertz CT molecular complexity index is 902. The van der Waals surface area contributed by atoms with Crippen LogP contribution in [0, 0.1) is 0 Å². The lowest BCUT2D eigenvalue weighted by molar-refractivity contribution is -0.123. The summed E-state index contributed by atoms with van der Waals surface area (Å²) in [7, 11) is 1.68. The minimum atomic E-state index is -0.722. The second-order valence-electron chi connectivity index (χ2n) is 6.16. The number of nitrogens with zero attached hydrogens (tertiary/aromatic N) is 2. The minimum absolute atomic E-state index is 0.0130. The molecule has 3 rings (SSSR count). The number of anilines is 1. The first-order valence-corrected chi connectivity index (χ1v) is 8.49. The molecule has 0 saturated carbocycles. The fourth-order valence-electron chi connectivity index (χ4n) is 2.86. The number of amides is 3. The van der Waals surface area contributed by atoms with Crippen molar-refractivity contribution in [1.82, 2.24) is 9.88 Å². The van der Waals surface area contributed by atoms with Crippen molar-refractivity contribution in [2.45, 2.75) is 12.8 Å². The minimum Gasteiger partial charge on any atom is -0.452 e. The van der Waals surface area contributed by atoms with E-state index in [4.69, 9.17) is 4.74 Å². The van der Waals surface area contributed by atoms with Crippen molar-refractivity contribution in [3.8, 4) is 0 Å². The highest BCUT2D eigenvalue weighted by Gasteiger charge is 2.22. The summed E-state index contributed by atoms with van der Waals surface area (Å²) < 4.78 is 6.54. The van der Waals surface area contributed by atoms with Crippen LogP contribution in [0.25, 0.3) is 0 Å². The summed E-state index contributed by atoms with van der Waals surface area (Å²) >= 11 is 0. The van der Waals surface area contributed by atoms with E-state index in [0.717, 1.165) is 6.42 Å². The number of aryl methyl sites for hydroxylation is 1. The molecule has 2 heterocycles. The molecule has 1 fully saturated rings. The number of hydrogen-bond donors (Lipinski definition) is 1. The second-order valence-corrected chi connectivity index (χ2v) is 6.16. The number of imide groups is 1. The van der Waals surface area contributed by atoms with E-state index in [1.165, 1.54) is 0 Å². The first kappa shape index (κ1) is 18.4. The smallest absolute Gasteiger partial charge is 0.338 e. The van der Waals surface area contributed by atoms with Crippen LogP contribution < -0.4 is 10.2 Å². The lowest BCUT2D eigenvalue weighted by Gasteiger charge is -2.16. The van der Waals surface area contributed by atoms with Gasteiger partial charge in [-0.25, -0.2) is 4.79 Å². The van der Waals surface area contributed by atoms with Crippen molar-refractivity contribution in [3.63, 3.8) is 0 Å². The first-order valence-electron chi connectivity index (χ1n) is 8.49. The van der Waals surface area contributed by atoms with Crippen molar-refractivity contribution in [1.29, 1.82) is 0 Å². The maximum atomic E-state index is 12.2. The van der Waals surface area contributed by atoms with Gasteiger partial charge in [0, 0.05) is 31.9 Å². The molecule has 0 aliphatic carbocycles. The Kier molecular flexibility index (Phi) is 5.35. The largest absolute Gasteiger partial charge is 0.452 e. The van der Waals surface area contributed by atoms with Gasteiger partial charge in [-0.1, -0.05) is 6.07 Å². The Morgan fingerprint density at radius 3 is 2.67 bits per heavy atom. The van der Waals surface area contributed by atoms with Crippen LogP contribution >= 0.6 is 0 Å². The molecule has 8 nitrogen and oxygen atoms in total. The highest BCUT2D eigenvalue weighted by molar-refractivity contribution is 6.05. The van der Waals surface area contributed by atoms with E-state index in [2.05, 4.69) is 5.32 Å². The van der Waals surface area contributed by atoms with E-state index in [0.29, 0.717) is 24.3 Å². The van der Waals surface area contributed by atoms with Crippen molar-refractivity contribution in [2.24, 2.45) is 7.05 Å². The van der Waals surface area contributed by atoms with Crippen molar-refractivity contribution in [2.75, 3.05) is 18.1 Å². The molecule has 1 aromatic heterocycles. The van der Waals surface area contributed by atoms with Crippen molar-refractivity contribution < 1.29 is 23.9 Å². The molecule has 1 aliphatic heterocycles. The molecule has 3 amide bonds. The van der Waals surface area contributed by atoms with Gasteiger partial charge in [0.25, 0.3) is 11.8 Å². The molecule has 8 heteroatoms. The van der Waals surface area contributed by atoms with Crippen LogP contribution in [0.2, 0.25) is 0 Å². The Balaban J connectivity index is 1.56. The number of benzene rings is 1. The summed E-state index contributed by atoms with van der Waals surface area (Å²) in [6, 6.07) is 9.73. The van der Waals surface area contributed by atoms with Gasteiger partial charge in [-0.15, -0.1) is 0 Å². The molecular formula is C19H19N3O5. The number of carbonyl (C=O) groups excluding carboxylic acids is 4. The molecular weight excluding hydrogens is 350 g/mol. The molecule has 2 aromatic rings. The van der Waals surface area contributed by atoms with Gasteiger partial charge in [0.15, 0.2) is 6.61 Å². The zero-order valence-electron chi connectivity index (χ0n) is 14.8. The maximum Gasteiger partial charge on any atom is 0.338 e. The van der Waals surface area contributed by atoms with Crippen LogP contribution in [-0.4, -0.2) is 41.4 Å². The van der Waals surface area contributed by atoms with Gasteiger partial charge in [-0.05, 0) is 36.8 Å².